The van der Waals surface area contributed by atoms with E-state index in [-0.39, 0.29) is 29.6 Å². The molecule has 1 aliphatic carbocycles. The van der Waals surface area contributed by atoms with Gasteiger partial charge in [0.1, 0.15) is 5.75 Å². The number of ether oxygens (including phenoxy) is 1. The summed E-state index contributed by atoms with van der Waals surface area (Å²) in [6.07, 6.45) is 3.56. The first-order valence-electron chi connectivity index (χ1n) is 9.52. The first-order chi connectivity index (χ1) is 13.6. The maximum atomic E-state index is 12.7. The van der Waals surface area contributed by atoms with Crippen molar-refractivity contribution in [2.45, 2.75) is 25.7 Å². The number of anilines is 2. The van der Waals surface area contributed by atoms with Crippen LogP contribution in [-0.2, 0) is 9.59 Å². The molecule has 6 heteroatoms. The lowest BCUT2D eigenvalue weighted by Crippen LogP contribution is -2.30. The number of hydrogen-bond acceptors (Lipinski definition) is 4. The Morgan fingerprint density at radius 1 is 1.00 bits per heavy atom. The topological polar surface area (TPSA) is 75.7 Å². The molecule has 2 atom stereocenters. The fourth-order valence-electron chi connectivity index (χ4n) is 4.08. The molecule has 2 aromatic carbocycles. The van der Waals surface area contributed by atoms with Crippen molar-refractivity contribution in [1.29, 1.82) is 0 Å². The van der Waals surface area contributed by atoms with Gasteiger partial charge in [-0.1, -0.05) is 18.9 Å². The van der Waals surface area contributed by atoms with Crippen LogP contribution >= 0.6 is 0 Å². The summed E-state index contributed by atoms with van der Waals surface area (Å²) in [7, 11) is 1.57. The minimum Gasteiger partial charge on any atom is -0.497 e. The summed E-state index contributed by atoms with van der Waals surface area (Å²) >= 11 is 0. The van der Waals surface area contributed by atoms with Crippen molar-refractivity contribution in [1.82, 2.24) is 0 Å². The van der Waals surface area contributed by atoms with Gasteiger partial charge in [-0.25, -0.2) is 0 Å². The Hall–Kier alpha value is -3.15. The quantitative estimate of drug-likeness (QED) is 0.825. The molecule has 2 aromatic rings. The third kappa shape index (κ3) is 3.26. The number of benzene rings is 2. The van der Waals surface area contributed by atoms with E-state index in [2.05, 4.69) is 5.32 Å². The second-order valence-corrected chi connectivity index (χ2v) is 7.24. The maximum absolute atomic E-state index is 12.7. The summed E-state index contributed by atoms with van der Waals surface area (Å²) in [6.45, 7) is 0. The fraction of sp³-hybridized carbons (Fsp3) is 0.318. The van der Waals surface area contributed by atoms with Gasteiger partial charge in [0.2, 0.25) is 11.8 Å². The molecule has 2 fully saturated rings. The van der Waals surface area contributed by atoms with E-state index >= 15 is 0 Å². The summed E-state index contributed by atoms with van der Waals surface area (Å²) in [5.41, 5.74) is 1.60. The molecule has 0 radical (unpaired) electrons. The number of hydrogen-bond donors (Lipinski definition) is 1. The second-order valence-electron chi connectivity index (χ2n) is 7.24. The Morgan fingerprint density at radius 2 is 1.64 bits per heavy atom. The Balaban J connectivity index is 1.50. The number of methoxy groups -OCH3 is 1. The van der Waals surface area contributed by atoms with Crippen LogP contribution in [-0.4, -0.2) is 24.8 Å². The van der Waals surface area contributed by atoms with Crippen LogP contribution in [0.3, 0.4) is 0 Å². The van der Waals surface area contributed by atoms with Gasteiger partial charge in [0.25, 0.3) is 5.91 Å². The highest BCUT2D eigenvalue weighted by atomic mass is 16.5. The average Bonchev–Trinajstić information content (AvgIpc) is 2.99. The molecule has 1 saturated carbocycles. The molecular formula is C22H22N2O4. The van der Waals surface area contributed by atoms with Crippen molar-refractivity contribution < 1.29 is 19.1 Å². The van der Waals surface area contributed by atoms with E-state index < -0.39 is 0 Å². The number of carbonyl (C=O) groups is 3. The summed E-state index contributed by atoms with van der Waals surface area (Å²) in [5.74, 6) is -0.200. The summed E-state index contributed by atoms with van der Waals surface area (Å²) in [6, 6.07) is 13.7. The van der Waals surface area contributed by atoms with Crippen LogP contribution in [0.1, 0.15) is 36.0 Å². The third-order valence-corrected chi connectivity index (χ3v) is 5.56. The Bertz CT molecular complexity index is 898. The molecule has 0 unspecified atom stereocenters. The monoisotopic (exact) mass is 378 g/mol. The SMILES string of the molecule is COc1cccc(NC(=O)c2ccc(N3C(=O)[C@@H]4CCCC[C@H]4C3=O)cc2)c1. The molecule has 0 bridgehead atoms. The van der Waals surface area contributed by atoms with Crippen LogP contribution < -0.4 is 15.0 Å². The highest BCUT2D eigenvalue weighted by molar-refractivity contribution is 6.22. The number of imide groups is 1. The predicted octanol–water partition coefficient (Wildman–Crippen LogP) is 3.63. The van der Waals surface area contributed by atoms with Crippen LogP contribution in [0.25, 0.3) is 0 Å². The summed E-state index contributed by atoms with van der Waals surface area (Å²) in [4.78, 5) is 39.1. The number of nitrogens with zero attached hydrogens (tertiary/aromatic N) is 1. The normalized spacial score (nSPS) is 21.4. The van der Waals surface area contributed by atoms with Crippen molar-refractivity contribution in [2.24, 2.45) is 11.8 Å². The van der Waals surface area contributed by atoms with E-state index in [1.807, 2.05) is 0 Å². The molecule has 144 valence electrons. The van der Waals surface area contributed by atoms with E-state index in [1.54, 1.807) is 55.6 Å². The molecule has 1 N–H and O–H groups in total. The maximum Gasteiger partial charge on any atom is 0.255 e. The summed E-state index contributed by atoms with van der Waals surface area (Å²) in [5, 5.41) is 2.81. The molecule has 4 rings (SSSR count). The van der Waals surface area contributed by atoms with Crippen LogP contribution in [0.2, 0.25) is 0 Å². The van der Waals surface area contributed by atoms with E-state index in [0.717, 1.165) is 25.7 Å². The smallest absolute Gasteiger partial charge is 0.255 e. The van der Waals surface area contributed by atoms with Crippen molar-refractivity contribution in [2.75, 3.05) is 17.3 Å². The van der Waals surface area contributed by atoms with Gasteiger partial charge in [0.15, 0.2) is 0 Å². The first-order valence-corrected chi connectivity index (χ1v) is 9.52. The summed E-state index contributed by atoms with van der Waals surface area (Å²) < 4.78 is 5.15. The molecule has 1 aliphatic heterocycles. The zero-order valence-electron chi connectivity index (χ0n) is 15.7. The lowest BCUT2D eigenvalue weighted by molar-refractivity contribution is -0.122. The van der Waals surface area contributed by atoms with Gasteiger partial charge in [0.05, 0.1) is 24.6 Å². The van der Waals surface area contributed by atoms with Crippen LogP contribution in [0.15, 0.2) is 48.5 Å². The molecule has 1 heterocycles. The Kier molecular flexibility index (Phi) is 4.86. The molecule has 6 nitrogen and oxygen atoms in total. The van der Waals surface area contributed by atoms with Crippen molar-refractivity contribution in [3.8, 4) is 5.75 Å². The second kappa shape index (κ2) is 7.46. The predicted molar refractivity (Wildman–Crippen MR) is 105 cm³/mol. The largest absolute Gasteiger partial charge is 0.497 e. The van der Waals surface area contributed by atoms with Crippen molar-refractivity contribution in [3.63, 3.8) is 0 Å². The van der Waals surface area contributed by atoms with E-state index in [0.29, 0.717) is 22.7 Å². The fourth-order valence-corrected chi connectivity index (χ4v) is 4.08. The van der Waals surface area contributed by atoms with Gasteiger partial charge >= 0.3 is 0 Å². The van der Waals surface area contributed by atoms with Crippen LogP contribution in [0.5, 0.6) is 5.75 Å². The molecule has 3 amide bonds. The number of fused-ring (bicyclic) bond motifs is 1. The zero-order chi connectivity index (χ0) is 19.7. The molecule has 1 saturated heterocycles. The average molecular weight is 378 g/mol. The van der Waals surface area contributed by atoms with E-state index in [1.165, 1.54) is 4.90 Å². The minimum absolute atomic E-state index is 0.108. The van der Waals surface area contributed by atoms with Gasteiger partial charge in [-0.05, 0) is 49.2 Å². The van der Waals surface area contributed by atoms with Gasteiger partial charge in [-0.2, -0.15) is 0 Å². The standard InChI is InChI=1S/C22H22N2O4/c1-28-17-6-4-5-15(13-17)23-20(25)14-9-11-16(12-10-14)24-21(26)18-7-2-3-8-19(18)22(24)27/h4-6,9-13,18-19H,2-3,7-8H2,1H3,(H,23,25)/t18-,19-/m1/s1. The van der Waals surface area contributed by atoms with Gasteiger partial charge in [-0.15, -0.1) is 0 Å². The molecule has 28 heavy (non-hydrogen) atoms. The highest BCUT2D eigenvalue weighted by Crippen LogP contribution is 2.40. The van der Waals surface area contributed by atoms with Gasteiger partial charge in [-0.3, -0.25) is 19.3 Å². The van der Waals surface area contributed by atoms with Crippen LogP contribution in [0.4, 0.5) is 11.4 Å². The Labute approximate surface area is 163 Å². The van der Waals surface area contributed by atoms with Crippen molar-refractivity contribution in [3.05, 3.63) is 54.1 Å². The number of rotatable bonds is 4. The lowest BCUT2D eigenvalue weighted by Gasteiger charge is -2.19. The molecule has 0 spiro atoms. The lowest BCUT2D eigenvalue weighted by atomic mass is 9.81. The van der Waals surface area contributed by atoms with Gasteiger partial charge < -0.3 is 10.1 Å². The molecule has 2 aliphatic rings. The number of nitrogens with one attached hydrogen (secondary N) is 1. The third-order valence-electron chi connectivity index (χ3n) is 5.56. The molecule has 0 aromatic heterocycles. The van der Waals surface area contributed by atoms with Crippen LogP contribution in [0, 0.1) is 11.8 Å². The Morgan fingerprint density at radius 3 is 2.25 bits per heavy atom. The van der Waals surface area contributed by atoms with E-state index in [9.17, 15) is 14.4 Å². The molecular weight excluding hydrogens is 356 g/mol. The number of amides is 3. The zero-order valence-corrected chi connectivity index (χ0v) is 15.7. The minimum atomic E-state index is -0.271. The highest BCUT2D eigenvalue weighted by Gasteiger charge is 2.48. The first kappa shape index (κ1) is 18.2. The number of carbonyl (C=O) groups excluding carboxylic acids is 3. The van der Waals surface area contributed by atoms with Gasteiger partial charge in [0, 0.05) is 17.3 Å². The van der Waals surface area contributed by atoms with Crippen molar-refractivity contribution >= 4 is 29.1 Å². The van der Waals surface area contributed by atoms with E-state index in [4.69, 9.17) is 4.74 Å².